The van der Waals surface area contributed by atoms with Crippen molar-refractivity contribution in [2.45, 2.75) is 32.6 Å². The van der Waals surface area contributed by atoms with Gasteiger partial charge >= 0.3 is 0 Å². The number of hydrogen-bond acceptors (Lipinski definition) is 5. The number of aryl methyl sites for hydroxylation is 2. The zero-order chi connectivity index (χ0) is 15.3. The average molecular weight is 297 g/mol. The molecule has 1 aliphatic carbocycles. The Hall–Kier alpha value is -2.70. The molecule has 1 fully saturated rings. The molecular formula is C15H15N5O2. The summed E-state index contributed by atoms with van der Waals surface area (Å²) in [5.41, 5.74) is 3.63. The summed E-state index contributed by atoms with van der Waals surface area (Å²) in [6.07, 6.45) is 3.79. The van der Waals surface area contributed by atoms with Crippen molar-refractivity contribution in [3.8, 4) is 0 Å². The molecule has 22 heavy (non-hydrogen) atoms. The fourth-order valence-corrected chi connectivity index (χ4v) is 2.53. The molecule has 0 aromatic carbocycles. The van der Waals surface area contributed by atoms with E-state index in [1.807, 2.05) is 19.9 Å². The zero-order valence-electron chi connectivity index (χ0n) is 12.3. The van der Waals surface area contributed by atoms with Gasteiger partial charge in [0, 0.05) is 23.4 Å². The van der Waals surface area contributed by atoms with E-state index in [0.29, 0.717) is 23.0 Å². The highest BCUT2D eigenvalue weighted by Gasteiger charge is 2.27. The first-order chi connectivity index (χ1) is 10.6. The molecule has 7 nitrogen and oxygen atoms in total. The van der Waals surface area contributed by atoms with Crippen LogP contribution in [0.15, 0.2) is 22.9 Å². The van der Waals surface area contributed by atoms with Gasteiger partial charge in [-0.15, -0.1) is 0 Å². The van der Waals surface area contributed by atoms with Crippen LogP contribution >= 0.6 is 0 Å². The van der Waals surface area contributed by atoms with Gasteiger partial charge in [-0.1, -0.05) is 5.16 Å². The van der Waals surface area contributed by atoms with E-state index in [2.05, 4.69) is 20.6 Å². The Labute approximate surface area is 126 Å². The fourth-order valence-electron chi connectivity index (χ4n) is 2.53. The molecule has 0 aliphatic heterocycles. The molecule has 3 aromatic rings. The lowest BCUT2D eigenvalue weighted by atomic mass is 10.3. The van der Waals surface area contributed by atoms with E-state index in [1.165, 1.54) is 6.20 Å². The number of amides is 1. The van der Waals surface area contributed by atoms with E-state index >= 15 is 0 Å². The molecular weight excluding hydrogens is 282 g/mol. The maximum Gasteiger partial charge on any atom is 0.263 e. The average Bonchev–Trinajstić information content (AvgIpc) is 3.06. The second-order valence-electron chi connectivity index (χ2n) is 5.68. The van der Waals surface area contributed by atoms with Crippen LogP contribution in [0.2, 0.25) is 0 Å². The SMILES string of the molecule is Cc1cc(C)n2ncc(C(=O)Nc3cc(C4CC4)no3)c2n1. The number of hydrogen-bond donors (Lipinski definition) is 1. The third-order valence-corrected chi connectivity index (χ3v) is 3.78. The number of carbonyl (C=O) groups is 1. The number of nitrogens with zero attached hydrogens (tertiary/aromatic N) is 4. The van der Waals surface area contributed by atoms with Crippen molar-refractivity contribution < 1.29 is 9.32 Å². The molecule has 3 aromatic heterocycles. The van der Waals surface area contributed by atoms with E-state index in [-0.39, 0.29) is 5.91 Å². The van der Waals surface area contributed by atoms with E-state index in [9.17, 15) is 4.79 Å². The first kappa shape index (κ1) is 13.0. The molecule has 112 valence electrons. The van der Waals surface area contributed by atoms with Crippen LogP contribution in [0.1, 0.15) is 46.2 Å². The number of aromatic nitrogens is 4. The Bertz CT molecular complexity index is 875. The third-order valence-electron chi connectivity index (χ3n) is 3.78. The standard InChI is InChI=1S/C15H15N5O2/c1-8-5-9(2)20-14(17-8)11(7-16-20)15(21)18-13-6-12(19-22-13)10-3-4-10/h5-7,10H,3-4H2,1-2H3,(H,18,21). The number of anilines is 1. The maximum absolute atomic E-state index is 12.4. The van der Waals surface area contributed by atoms with Gasteiger partial charge in [-0.25, -0.2) is 9.50 Å². The van der Waals surface area contributed by atoms with Crippen LogP contribution in [-0.4, -0.2) is 25.7 Å². The van der Waals surface area contributed by atoms with Crippen molar-refractivity contribution in [2.75, 3.05) is 5.32 Å². The Morgan fingerprint density at radius 1 is 1.36 bits per heavy atom. The highest BCUT2D eigenvalue weighted by Crippen LogP contribution is 2.40. The highest BCUT2D eigenvalue weighted by atomic mass is 16.5. The monoisotopic (exact) mass is 297 g/mol. The van der Waals surface area contributed by atoms with Crippen molar-refractivity contribution in [2.24, 2.45) is 0 Å². The molecule has 1 amide bonds. The lowest BCUT2D eigenvalue weighted by Crippen LogP contribution is -2.12. The second-order valence-corrected chi connectivity index (χ2v) is 5.68. The molecule has 1 N–H and O–H groups in total. The minimum atomic E-state index is -0.300. The molecule has 7 heteroatoms. The summed E-state index contributed by atoms with van der Waals surface area (Å²) < 4.78 is 6.82. The van der Waals surface area contributed by atoms with Crippen LogP contribution in [0.5, 0.6) is 0 Å². The van der Waals surface area contributed by atoms with Gasteiger partial charge in [-0.05, 0) is 32.8 Å². The van der Waals surface area contributed by atoms with Gasteiger partial charge in [0.25, 0.3) is 5.91 Å². The highest BCUT2D eigenvalue weighted by molar-refractivity contribution is 6.07. The third kappa shape index (κ3) is 2.14. The van der Waals surface area contributed by atoms with Crippen molar-refractivity contribution in [1.82, 2.24) is 19.8 Å². The van der Waals surface area contributed by atoms with Crippen LogP contribution in [0, 0.1) is 13.8 Å². The first-order valence-corrected chi connectivity index (χ1v) is 7.22. The van der Waals surface area contributed by atoms with Crippen molar-refractivity contribution >= 4 is 17.4 Å². The molecule has 1 aliphatic rings. The van der Waals surface area contributed by atoms with Gasteiger partial charge in [0.2, 0.25) is 5.88 Å². The summed E-state index contributed by atoms with van der Waals surface area (Å²) >= 11 is 0. The summed E-state index contributed by atoms with van der Waals surface area (Å²) in [7, 11) is 0. The molecule has 0 spiro atoms. The Morgan fingerprint density at radius 2 is 2.18 bits per heavy atom. The van der Waals surface area contributed by atoms with Crippen molar-refractivity contribution in [1.29, 1.82) is 0 Å². The van der Waals surface area contributed by atoms with Crippen molar-refractivity contribution in [3.05, 3.63) is 41.0 Å². The second kappa shape index (κ2) is 4.66. The topological polar surface area (TPSA) is 85.3 Å². The van der Waals surface area contributed by atoms with Crippen LogP contribution < -0.4 is 5.32 Å². The van der Waals surface area contributed by atoms with E-state index in [1.54, 1.807) is 10.6 Å². The van der Waals surface area contributed by atoms with Gasteiger partial charge in [-0.3, -0.25) is 10.1 Å². The number of fused-ring (bicyclic) bond motifs is 1. The van der Waals surface area contributed by atoms with Gasteiger partial charge < -0.3 is 4.52 Å². The normalized spacial score (nSPS) is 14.5. The molecule has 0 unspecified atom stereocenters. The van der Waals surface area contributed by atoms with Gasteiger partial charge in [0.05, 0.1) is 11.9 Å². The van der Waals surface area contributed by atoms with E-state index in [4.69, 9.17) is 4.52 Å². The van der Waals surface area contributed by atoms with Gasteiger partial charge in [-0.2, -0.15) is 5.10 Å². The Balaban J connectivity index is 1.64. The first-order valence-electron chi connectivity index (χ1n) is 7.22. The predicted molar refractivity (Wildman–Crippen MR) is 78.9 cm³/mol. The molecule has 4 rings (SSSR count). The summed E-state index contributed by atoms with van der Waals surface area (Å²) in [6.45, 7) is 3.81. The van der Waals surface area contributed by atoms with E-state index < -0.39 is 0 Å². The Morgan fingerprint density at radius 3 is 2.95 bits per heavy atom. The molecule has 0 radical (unpaired) electrons. The van der Waals surface area contributed by atoms with Crippen LogP contribution in [0.25, 0.3) is 5.65 Å². The van der Waals surface area contributed by atoms with Crippen LogP contribution in [0.3, 0.4) is 0 Å². The fraction of sp³-hybridized carbons (Fsp3) is 0.333. The quantitative estimate of drug-likeness (QED) is 0.802. The van der Waals surface area contributed by atoms with Crippen LogP contribution in [0.4, 0.5) is 5.88 Å². The molecule has 1 saturated carbocycles. The van der Waals surface area contributed by atoms with Gasteiger partial charge in [0.15, 0.2) is 5.65 Å². The number of nitrogens with one attached hydrogen (secondary N) is 1. The predicted octanol–water partition coefficient (Wildman–Crippen LogP) is 2.46. The summed E-state index contributed by atoms with van der Waals surface area (Å²) in [5.74, 6) is 0.542. The number of rotatable bonds is 3. The minimum absolute atomic E-state index is 0.300. The molecule has 0 saturated heterocycles. The molecule has 0 atom stereocenters. The summed E-state index contributed by atoms with van der Waals surface area (Å²) in [6, 6.07) is 3.70. The zero-order valence-corrected chi connectivity index (χ0v) is 12.3. The Kier molecular flexibility index (Phi) is 2.75. The van der Waals surface area contributed by atoms with Crippen LogP contribution in [-0.2, 0) is 0 Å². The minimum Gasteiger partial charge on any atom is -0.338 e. The molecule has 0 bridgehead atoms. The smallest absolute Gasteiger partial charge is 0.263 e. The molecule has 3 heterocycles. The van der Waals surface area contributed by atoms with Gasteiger partial charge in [0.1, 0.15) is 5.56 Å². The number of carbonyl (C=O) groups excluding carboxylic acids is 1. The lowest BCUT2D eigenvalue weighted by molar-refractivity contribution is 0.102. The lowest BCUT2D eigenvalue weighted by Gasteiger charge is -2.02. The summed E-state index contributed by atoms with van der Waals surface area (Å²) in [4.78, 5) is 16.8. The van der Waals surface area contributed by atoms with E-state index in [0.717, 1.165) is 29.9 Å². The maximum atomic E-state index is 12.4. The summed E-state index contributed by atoms with van der Waals surface area (Å²) in [5, 5.41) is 10.9. The van der Waals surface area contributed by atoms with Crippen molar-refractivity contribution in [3.63, 3.8) is 0 Å². The largest absolute Gasteiger partial charge is 0.338 e.